The molecule has 2 heterocycles. The molecule has 1 aliphatic heterocycles. The van der Waals surface area contributed by atoms with Gasteiger partial charge in [-0.05, 0) is 38.3 Å². The lowest BCUT2D eigenvalue weighted by atomic mass is 10.0. The van der Waals surface area contributed by atoms with Crippen LogP contribution in [0.2, 0.25) is 0 Å². The zero-order chi connectivity index (χ0) is 14.5. The molecule has 1 aliphatic rings. The van der Waals surface area contributed by atoms with E-state index in [9.17, 15) is 9.59 Å². The molecule has 20 heavy (non-hydrogen) atoms. The summed E-state index contributed by atoms with van der Waals surface area (Å²) in [6.45, 7) is 2.68. The number of piperidine rings is 1. The molecule has 0 aliphatic carbocycles. The maximum Gasteiger partial charge on any atom is 0.326 e. The summed E-state index contributed by atoms with van der Waals surface area (Å²) in [4.78, 5) is 28.9. The molecule has 6 heteroatoms. The van der Waals surface area contributed by atoms with E-state index in [2.05, 4.69) is 10.3 Å². The highest BCUT2D eigenvalue weighted by molar-refractivity contribution is 5.82. The molecule has 108 valence electrons. The minimum absolute atomic E-state index is 0.309. The smallest absolute Gasteiger partial charge is 0.326 e. The number of carboxylic acid groups (broad SMARTS) is 1. The number of carboxylic acids is 1. The Labute approximate surface area is 117 Å². The van der Waals surface area contributed by atoms with Crippen LogP contribution < -0.4 is 5.32 Å². The average molecular weight is 277 g/mol. The first-order chi connectivity index (χ1) is 9.58. The summed E-state index contributed by atoms with van der Waals surface area (Å²) in [6.07, 6.45) is 2.21. The number of likely N-dealkylation sites (tertiary alicyclic amines) is 1. The number of amides is 2. The Morgan fingerprint density at radius 2 is 2.25 bits per heavy atom. The molecule has 0 saturated carbocycles. The minimum Gasteiger partial charge on any atom is -0.480 e. The van der Waals surface area contributed by atoms with Crippen molar-refractivity contribution in [2.75, 3.05) is 6.54 Å². The predicted octanol–water partition coefficient (Wildman–Crippen LogP) is 1.54. The van der Waals surface area contributed by atoms with Crippen molar-refractivity contribution in [2.24, 2.45) is 0 Å². The van der Waals surface area contributed by atoms with Gasteiger partial charge in [-0.2, -0.15) is 0 Å². The molecule has 0 radical (unpaired) electrons. The molecule has 6 nitrogen and oxygen atoms in total. The van der Waals surface area contributed by atoms with Crippen molar-refractivity contribution >= 4 is 12.0 Å². The third kappa shape index (κ3) is 3.46. The van der Waals surface area contributed by atoms with Gasteiger partial charge >= 0.3 is 12.0 Å². The van der Waals surface area contributed by atoms with Crippen LogP contribution >= 0.6 is 0 Å². The number of carbonyl (C=O) groups excluding carboxylic acids is 1. The van der Waals surface area contributed by atoms with Crippen molar-refractivity contribution in [3.05, 3.63) is 29.6 Å². The maximum absolute atomic E-state index is 12.1. The van der Waals surface area contributed by atoms with Crippen LogP contribution in [0.3, 0.4) is 0 Å². The molecule has 0 bridgehead atoms. The van der Waals surface area contributed by atoms with Crippen LogP contribution in [0.4, 0.5) is 4.79 Å². The molecule has 0 spiro atoms. The fourth-order valence-electron chi connectivity index (χ4n) is 2.40. The van der Waals surface area contributed by atoms with Gasteiger partial charge in [-0.25, -0.2) is 9.59 Å². The van der Waals surface area contributed by atoms with Gasteiger partial charge < -0.3 is 15.3 Å². The van der Waals surface area contributed by atoms with Crippen LogP contribution in [0, 0.1) is 6.92 Å². The lowest BCUT2D eigenvalue weighted by Crippen LogP contribution is -2.51. The Morgan fingerprint density at radius 1 is 1.45 bits per heavy atom. The number of aliphatic carboxylic acids is 1. The van der Waals surface area contributed by atoms with Gasteiger partial charge in [0.15, 0.2) is 0 Å². The Hall–Kier alpha value is -2.11. The van der Waals surface area contributed by atoms with Crippen LogP contribution in [-0.2, 0) is 11.3 Å². The number of nitrogens with one attached hydrogen (secondary N) is 1. The zero-order valence-electron chi connectivity index (χ0n) is 11.5. The lowest BCUT2D eigenvalue weighted by Gasteiger charge is -2.32. The van der Waals surface area contributed by atoms with E-state index in [0.29, 0.717) is 19.5 Å². The number of aromatic nitrogens is 1. The summed E-state index contributed by atoms with van der Waals surface area (Å²) in [6, 6.07) is 4.55. The zero-order valence-corrected chi connectivity index (χ0v) is 11.5. The van der Waals surface area contributed by atoms with E-state index in [1.165, 1.54) is 4.90 Å². The van der Waals surface area contributed by atoms with Gasteiger partial charge in [0, 0.05) is 12.2 Å². The molecule has 2 rings (SSSR count). The molecule has 1 aromatic heterocycles. The second kappa shape index (κ2) is 6.36. The lowest BCUT2D eigenvalue weighted by molar-refractivity contribution is -0.143. The van der Waals surface area contributed by atoms with Gasteiger partial charge in [-0.1, -0.05) is 6.07 Å². The van der Waals surface area contributed by atoms with Gasteiger partial charge in [0.05, 0.1) is 12.2 Å². The highest BCUT2D eigenvalue weighted by atomic mass is 16.4. The normalized spacial score (nSPS) is 18.6. The molecule has 2 amide bonds. The Morgan fingerprint density at radius 3 is 2.95 bits per heavy atom. The van der Waals surface area contributed by atoms with E-state index in [4.69, 9.17) is 5.11 Å². The van der Waals surface area contributed by atoms with E-state index >= 15 is 0 Å². The van der Waals surface area contributed by atoms with E-state index in [1.54, 1.807) is 0 Å². The van der Waals surface area contributed by atoms with Crippen LogP contribution in [-0.4, -0.2) is 39.6 Å². The van der Waals surface area contributed by atoms with Crippen LogP contribution in [0.1, 0.15) is 30.7 Å². The van der Waals surface area contributed by atoms with Gasteiger partial charge in [-0.3, -0.25) is 4.98 Å². The molecule has 1 fully saturated rings. The van der Waals surface area contributed by atoms with E-state index in [0.717, 1.165) is 24.2 Å². The van der Waals surface area contributed by atoms with Crippen LogP contribution in [0.15, 0.2) is 18.2 Å². The quantitative estimate of drug-likeness (QED) is 0.878. The number of carbonyl (C=O) groups is 2. The summed E-state index contributed by atoms with van der Waals surface area (Å²) >= 11 is 0. The van der Waals surface area contributed by atoms with E-state index in [-0.39, 0.29) is 6.03 Å². The van der Waals surface area contributed by atoms with Gasteiger partial charge in [0.1, 0.15) is 6.04 Å². The van der Waals surface area contributed by atoms with E-state index in [1.807, 2.05) is 25.1 Å². The number of nitrogens with zero attached hydrogens (tertiary/aromatic N) is 2. The van der Waals surface area contributed by atoms with Crippen molar-refractivity contribution < 1.29 is 14.7 Å². The fraction of sp³-hybridized carbons (Fsp3) is 0.500. The average Bonchev–Trinajstić information content (AvgIpc) is 2.45. The van der Waals surface area contributed by atoms with E-state index < -0.39 is 12.0 Å². The van der Waals surface area contributed by atoms with Crippen molar-refractivity contribution in [1.82, 2.24) is 15.2 Å². The molecule has 1 aromatic rings. The SMILES string of the molecule is Cc1cccc(CNC(=O)N2CCCCC2C(=O)O)n1. The van der Waals surface area contributed by atoms with Crippen LogP contribution in [0.25, 0.3) is 0 Å². The highest BCUT2D eigenvalue weighted by Gasteiger charge is 2.31. The third-order valence-electron chi connectivity index (χ3n) is 3.42. The monoisotopic (exact) mass is 277 g/mol. The molecular weight excluding hydrogens is 258 g/mol. The Bertz CT molecular complexity index is 504. The first kappa shape index (κ1) is 14.3. The predicted molar refractivity (Wildman–Crippen MR) is 73.2 cm³/mol. The maximum atomic E-state index is 12.1. The van der Waals surface area contributed by atoms with Crippen molar-refractivity contribution in [3.8, 4) is 0 Å². The highest BCUT2D eigenvalue weighted by Crippen LogP contribution is 2.17. The number of urea groups is 1. The molecule has 1 unspecified atom stereocenters. The summed E-state index contributed by atoms with van der Waals surface area (Å²) in [5.74, 6) is -0.937. The molecule has 1 saturated heterocycles. The first-order valence-corrected chi connectivity index (χ1v) is 6.78. The summed E-state index contributed by atoms with van der Waals surface area (Å²) in [5.41, 5.74) is 1.65. The summed E-state index contributed by atoms with van der Waals surface area (Å²) in [5, 5.41) is 11.9. The van der Waals surface area contributed by atoms with Gasteiger partial charge in [0.2, 0.25) is 0 Å². The second-order valence-corrected chi connectivity index (χ2v) is 4.97. The number of pyridine rings is 1. The number of aryl methyl sites for hydroxylation is 1. The standard InChI is InChI=1S/C14H19N3O3/c1-10-5-4-6-11(16-10)9-15-14(20)17-8-3-2-7-12(17)13(18)19/h4-6,12H,2-3,7-9H2,1H3,(H,15,20)(H,18,19). The largest absolute Gasteiger partial charge is 0.480 e. The molecule has 0 aromatic carbocycles. The number of rotatable bonds is 3. The Balaban J connectivity index is 1.95. The number of hydrogen-bond donors (Lipinski definition) is 2. The fourth-order valence-corrected chi connectivity index (χ4v) is 2.40. The van der Waals surface area contributed by atoms with Gasteiger partial charge in [-0.15, -0.1) is 0 Å². The van der Waals surface area contributed by atoms with Crippen molar-refractivity contribution in [3.63, 3.8) is 0 Å². The van der Waals surface area contributed by atoms with Crippen LogP contribution in [0.5, 0.6) is 0 Å². The Kier molecular flexibility index (Phi) is 4.55. The van der Waals surface area contributed by atoms with Gasteiger partial charge in [0.25, 0.3) is 0 Å². The third-order valence-corrected chi connectivity index (χ3v) is 3.42. The molecular formula is C14H19N3O3. The topological polar surface area (TPSA) is 82.5 Å². The molecule has 2 N–H and O–H groups in total. The van der Waals surface area contributed by atoms with Crippen molar-refractivity contribution in [1.29, 1.82) is 0 Å². The summed E-state index contributed by atoms with van der Waals surface area (Å²) in [7, 11) is 0. The first-order valence-electron chi connectivity index (χ1n) is 6.78. The summed E-state index contributed by atoms with van der Waals surface area (Å²) < 4.78 is 0. The molecule has 1 atom stereocenters. The van der Waals surface area contributed by atoms with Crippen molar-refractivity contribution in [2.45, 2.75) is 38.8 Å². The second-order valence-electron chi connectivity index (χ2n) is 4.97. The number of hydrogen-bond acceptors (Lipinski definition) is 3. The minimum atomic E-state index is -0.937.